The van der Waals surface area contributed by atoms with Crippen molar-refractivity contribution in [2.75, 3.05) is 12.4 Å². The van der Waals surface area contributed by atoms with Gasteiger partial charge < -0.3 is 10.1 Å². The summed E-state index contributed by atoms with van der Waals surface area (Å²) in [6, 6.07) is 3.86. The van der Waals surface area contributed by atoms with Gasteiger partial charge in [-0.25, -0.2) is 4.98 Å². The summed E-state index contributed by atoms with van der Waals surface area (Å²) < 4.78 is 6.91. The number of aryl methyl sites for hydroxylation is 2. The van der Waals surface area contributed by atoms with E-state index in [0.717, 1.165) is 29.2 Å². The highest BCUT2D eigenvalue weighted by Crippen LogP contribution is 2.19. The number of pyridine rings is 1. The van der Waals surface area contributed by atoms with E-state index < -0.39 is 0 Å². The maximum absolute atomic E-state index is 5.03. The summed E-state index contributed by atoms with van der Waals surface area (Å²) in [7, 11) is 3.56. The largest absolute Gasteiger partial charge is 0.481 e. The third-order valence-electron chi connectivity index (χ3n) is 2.99. The maximum Gasteiger partial charge on any atom is 0.212 e. The lowest BCUT2D eigenvalue weighted by Crippen LogP contribution is -2.02. The molecule has 0 bridgehead atoms. The van der Waals surface area contributed by atoms with Gasteiger partial charge in [0, 0.05) is 25.9 Å². The first-order chi connectivity index (χ1) is 8.61. The third kappa shape index (κ3) is 2.45. The Labute approximate surface area is 107 Å². The highest BCUT2D eigenvalue weighted by Gasteiger charge is 2.08. The Morgan fingerprint density at radius 1 is 1.33 bits per heavy atom. The van der Waals surface area contributed by atoms with Crippen molar-refractivity contribution in [3.8, 4) is 5.88 Å². The van der Waals surface area contributed by atoms with Gasteiger partial charge in [-0.3, -0.25) is 4.68 Å². The standard InChI is InChI=1S/C13H18N4O/c1-9-13(10(2)17(3)16-9)15-8-11-5-6-12(18-4)14-7-11/h5-7,15H,8H2,1-4H3. The first-order valence-electron chi connectivity index (χ1n) is 5.85. The number of nitrogens with zero attached hydrogens (tertiary/aromatic N) is 3. The number of ether oxygens (including phenoxy) is 1. The molecular weight excluding hydrogens is 228 g/mol. The number of nitrogens with one attached hydrogen (secondary N) is 1. The van der Waals surface area contributed by atoms with Crippen LogP contribution in [0.15, 0.2) is 18.3 Å². The number of rotatable bonds is 4. The highest BCUT2D eigenvalue weighted by molar-refractivity contribution is 5.52. The third-order valence-corrected chi connectivity index (χ3v) is 2.99. The average molecular weight is 246 g/mol. The van der Waals surface area contributed by atoms with Gasteiger partial charge in [-0.15, -0.1) is 0 Å². The number of hydrogen-bond acceptors (Lipinski definition) is 4. The predicted molar refractivity (Wildman–Crippen MR) is 70.8 cm³/mol. The minimum absolute atomic E-state index is 0.632. The van der Waals surface area contributed by atoms with E-state index >= 15 is 0 Å². The molecule has 0 amide bonds. The van der Waals surface area contributed by atoms with Crippen LogP contribution in [0.3, 0.4) is 0 Å². The Balaban J connectivity index is 2.06. The number of anilines is 1. The van der Waals surface area contributed by atoms with Gasteiger partial charge in [-0.1, -0.05) is 6.07 Å². The molecule has 18 heavy (non-hydrogen) atoms. The van der Waals surface area contributed by atoms with E-state index in [9.17, 15) is 0 Å². The van der Waals surface area contributed by atoms with Crippen molar-refractivity contribution < 1.29 is 4.74 Å². The lowest BCUT2D eigenvalue weighted by atomic mass is 10.2. The first-order valence-corrected chi connectivity index (χ1v) is 5.85. The van der Waals surface area contributed by atoms with Crippen molar-refractivity contribution >= 4 is 5.69 Å². The molecule has 2 heterocycles. The van der Waals surface area contributed by atoms with Crippen LogP contribution in [0.5, 0.6) is 5.88 Å². The zero-order valence-electron chi connectivity index (χ0n) is 11.2. The summed E-state index contributed by atoms with van der Waals surface area (Å²) >= 11 is 0. The Bertz CT molecular complexity index is 531. The zero-order chi connectivity index (χ0) is 13.1. The molecular formula is C13H18N4O. The van der Waals surface area contributed by atoms with E-state index in [1.165, 1.54) is 0 Å². The molecule has 0 atom stereocenters. The Hall–Kier alpha value is -2.04. The molecule has 0 saturated heterocycles. The van der Waals surface area contributed by atoms with Gasteiger partial charge in [-0.05, 0) is 19.4 Å². The fourth-order valence-corrected chi connectivity index (χ4v) is 1.86. The van der Waals surface area contributed by atoms with Crippen molar-refractivity contribution in [3.63, 3.8) is 0 Å². The van der Waals surface area contributed by atoms with Crippen LogP contribution >= 0.6 is 0 Å². The van der Waals surface area contributed by atoms with E-state index in [-0.39, 0.29) is 0 Å². The van der Waals surface area contributed by atoms with Crippen LogP contribution in [-0.2, 0) is 13.6 Å². The van der Waals surface area contributed by atoms with Crippen molar-refractivity contribution in [2.45, 2.75) is 20.4 Å². The van der Waals surface area contributed by atoms with Gasteiger partial charge >= 0.3 is 0 Å². The molecule has 0 saturated carbocycles. The summed E-state index contributed by atoms with van der Waals surface area (Å²) in [5.41, 5.74) is 4.34. The van der Waals surface area contributed by atoms with Crippen LogP contribution in [-0.4, -0.2) is 21.9 Å². The SMILES string of the molecule is COc1ccc(CNc2c(C)nn(C)c2C)cn1. The van der Waals surface area contributed by atoms with Gasteiger partial charge in [0.05, 0.1) is 24.2 Å². The normalized spacial score (nSPS) is 10.4. The van der Waals surface area contributed by atoms with Gasteiger partial charge in [0.1, 0.15) is 0 Å². The van der Waals surface area contributed by atoms with Gasteiger partial charge in [0.25, 0.3) is 0 Å². The second-order valence-electron chi connectivity index (χ2n) is 4.23. The number of hydrogen-bond donors (Lipinski definition) is 1. The van der Waals surface area contributed by atoms with Crippen molar-refractivity contribution in [1.29, 1.82) is 0 Å². The molecule has 96 valence electrons. The Morgan fingerprint density at radius 2 is 2.11 bits per heavy atom. The molecule has 5 nitrogen and oxygen atoms in total. The molecule has 0 spiro atoms. The van der Waals surface area contributed by atoms with Gasteiger partial charge in [-0.2, -0.15) is 5.10 Å². The highest BCUT2D eigenvalue weighted by atomic mass is 16.5. The molecule has 0 unspecified atom stereocenters. The van der Waals surface area contributed by atoms with Crippen LogP contribution < -0.4 is 10.1 Å². The van der Waals surface area contributed by atoms with Crippen LogP contribution in [0, 0.1) is 13.8 Å². The van der Waals surface area contributed by atoms with E-state index in [4.69, 9.17) is 4.74 Å². The summed E-state index contributed by atoms with van der Waals surface area (Å²) in [5.74, 6) is 0.632. The molecule has 0 fully saturated rings. The molecule has 0 aliphatic rings. The van der Waals surface area contributed by atoms with Crippen molar-refractivity contribution in [3.05, 3.63) is 35.3 Å². The number of aromatic nitrogens is 3. The molecule has 2 aromatic rings. The quantitative estimate of drug-likeness (QED) is 0.897. The molecule has 2 aromatic heterocycles. The van der Waals surface area contributed by atoms with Gasteiger partial charge in [0.2, 0.25) is 5.88 Å². The zero-order valence-corrected chi connectivity index (χ0v) is 11.2. The van der Waals surface area contributed by atoms with Crippen LogP contribution in [0.4, 0.5) is 5.69 Å². The van der Waals surface area contributed by atoms with Crippen LogP contribution in [0.2, 0.25) is 0 Å². The first kappa shape index (κ1) is 12.4. The topological polar surface area (TPSA) is 52.0 Å². The predicted octanol–water partition coefficient (Wildman–Crippen LogP) is 2.05. The van der Waals surface area contributed by atoms with E-state index in [0.29, 0.717) is 5.88 Å². The van der Waals surface area contributed by atoms with E-state index in [1.54, 1.807) is 7.11 Å². The lowest BCUT2D eigenvalue weighted by molar-refractivity contribution is 0.397. The Kier molecular flexibility index (Phi) is 3.50. The fraction of sp³-hybridized carbons (Fsp3) is 0.385. The van der Waals surface area contributed by atoms with Gasteiger partial charge in [0.15, 0.2) is 0 Å². The molecule has 5 heteroatoms. The smallest absolute Gasteiger partial charge is 0.212 e. The summed E-state index contributed by atoms with van der Waals surface area (Å²) in [4.78, 5) is 4.18. The van der Waals surface area contributed by atoms with E-state index in [2.05, 4.69) is 22.3 Å². The van der Waals surface area contributed by atoms with Crippen LogP contribution in [0.1, 0.15) is 17.0 Å². The monoisotopic (exact) mass is 246 g/mol. The lowest BCUT2D eigenvalue weighted by Gasteiger charge is -2.07. The summed E-state index contributed by atoms with van der Waals surface area (Å²) in [6.45, 7) is 4.78. The molecule has 0 radical (unpaired) electrons. The van der Waals surface area contributed by atoms with Crippen molar-refractivity contribution in [2.24, 2.45) is 7.05 Å². The molecule has 0 aliphatic heterocycles. The molecule has 1 N–H and O–H groups in total. The van der Waals surface area contributed by atoms with Crippen molar-refractivity contribution in [1.82, 2.24) is 14.8 Å². The van der Waals surface area contributed by atoms with E-state index in [1.807, 2.05) is 37.0 Å². The minimum Gasteiger partial charge on any atom is -0.481 e. The van der Waals surface area contributed by atoms with Crippen LogP contribution in [0.25, 0.3) is 0 Å². The summed E-state index contributed by atoms with van der Waals surface area (Å²) in [6.07, 6.45) is 1.81. The molecule has 2 rings (SSSR count). The second-order valence-corrected chi connectivity index (χ2v) is 4.23. The minimum atomic E-state index is 0.632. The Morgan fingerprint density at radius 3 is 2.61 bits per heavy atom. The molecule has 0 aromatic carbocycles. The summed E-state index contributed by atoms with van der Waals surface area (Å²) in [5, 5.41) is 7.76. The molecule has 0 aliphatic carbocycles. The fourth-order valence-electron chi connectivity index (χ4n) is 1.86. The maximum atomic E-state index is 5.03. The average Bonchev–Trinajstić information content (AvgIpc) is 2.62. The number of methoxy groups -OCH3 is 1. The second kappa shape index (κ2) is 5.08.